The van der Waals surface area contributed by atoms with Crippen LogP contribution < -0.4 is 14.8 Å². The predicted octanol–water partition coefficient (Wildman–Crippen LogP) is 2.68. The fourth-order valence-electron chi connectivity index (χ4n) is 2.04. The van der Waals surface area contributed by atoms with Gasteiger partial charge in [-0.2, -0.15) is 0 Å². The maximum atomic E-state index is 11.2. The Bertz CT molecular complexity index is 460. The van der Waals surface area contributed by atoms with Crippen LogP contribution in [0.5, 0.6) is 11.5 Å². The smallest absolute Gasteiger partial charge is 0.320 e. The molecule has 1 rings (SSSR count). The molecular weight excluding hydrogens is 270 g/mol. The van der Waals surface area contributed by atoms with Crippen LogP contribution in [-0.4, -0.2) is 30.3 Å². The summed E-state index contributed by atoms with van der Waals surface area (Å²) in [6, 6.07) is 5.10. The lowest BCUT2D eigenvalue weighted by Crippen LogP contribution is -2.40. The van der Waals surface area contributed by atoms with E-state index in [4.69, 9.17) is 14.6 Å². The van der Waals surface area contributed by atoms with Crippen molar-refractivity contribution in [3.05, 3.63) is 23.8 Å². The van der Waals surface area contributed by atoms with Crippen molar-refractivity contribution in [2.24, 2.45) is 5.92 Å². The van der Waals surface area contributed by atoms with Crippen molar-refractivity contribution in [1.29, 1.82) is 0 Å². The summed E-state index contributed by atoms with van der Waals surface area (Å²) in [4.78, 5) is 11.2. The van der Waals surface area contributed by atoms with Gasteiger partial charge in [0, 0.05) is 6.54 Å². The van der Waals surface area contributed by atoms with Gasteiger partial charge >= 0.3 is 5.97 Å². The van der Waals surface area contributed by atoms with Crippen LogP contribution in [-0.2, 0) is 11.3 Å². The highest BCUT2D eigenvalue weighted by Gasteiger charge is 2.20. The molecule has 0 fully saturated rings. The molecule has 118 valence electrons. The fourth-order valence-corrected chi connectivity index (χ4v) is 2.04. The van der Waals surface area contributed by atoms with Gasteiger partial charge in [0.2, 0.25) is 0 Å². The lowest BCUT2D eigenvalue weighted by atomic mass is 10.0. The third-order valence-corrected chi connectivity index (χ3v) is 3.07. The van der Waals surface area contributed by atoms with Crippen molar-refractivity contribution in [3.8, 4) is 11.5 Å². The highest BCUT2D eigenvalue weighted by atomic mass is 16.5. The fraction of sp³-hybridized carbons (Fsp3) is 0.562. The average Bonchev–Trinajstić information content (AvgIpc) is 2.41. The van der Waals surface area contributed by atoms with Crippen LogP contribution in [0.25, 0.3) is 0 Å². The van der Waals surface area contributed by atoms with E-state index in [1.54, 1.807) is 0 Å². The summed E-state index contributed by atoms with van der Waals surface area (Å²) in [5.41, 5.74) is 0.966. The Morgan fingerprint density at radius 1 is 1.19 bits per heavy atom. The van der Waals surface area contributed by atoms with Crippen LogP contribution in [0, 0.1) is 5.92 Å². The molecule has 0 aliphatic rings. The molecule has 0 aliphatic heterocycles. The number of carbonyl (C=O) groups is 1. The number of carboxylic acid groups (broad SMARTS) is 1. The Balaban J connectivity index is 2.79. The molecule has 2 N–H and O–H groups in total. The van der Waals surface area contributed by atoms with Crippen LogP contribution in [0.2, 0.25) is 0 Å². The maximum Gasteiger partial charge on any atom is 0.320 e. The standard InChI is InChI=1S/C16H25NO4/c1-5-20-13-8-7-12(9-14(13)21-6-2)10-17-15(11(3)4)16(18)19/h7-9,11,15,17H,5-6,10H2,1-4H3,(H,18,19)/t15-/m1/s1. The van der Waals surface area contributed by atoms with Gasteiger partial charge in [-0.1, -0.05) is 19.9 Å². The molecule has 5 nitrogen and oxygen atoms in total. The molecule has 0 radical (unpaired) electrons. The van der Waals surface area contributed by atoms with E-state index in [-0.39, 0.29) is 5.92 Å². The van der Waals surface area contributed by atoms with Gasteiger partial charge in [-0.3, -0.25) is 4.79 Å². The summed E-state index contributed by atoms with van der Waals surface area (Å²) in [7, 11) is 0. The SMILES string of the molecule is CCOc1ccc(CN[C@@H](C(=O)O)C(C)C)cc1OCC. The van der Waals surface area contributed by atoms with Gasteiger partial charge in [-0.25, -0.2) is 0 Å². The number of aliphatic carboxylic acids is 1. The van der Waals surface area contributed by atoms with Crippen molar-refractivity contribution in [2.75, 3.05) is 13.2 Å². The molecule has 1 aromatic rings. The van der Waals surface area contributed by atoms with Gasteiger partial charge in [-0.05, 0) is 37.5 Å². The van der Waals surface area contributed by atoms with Crippen molar-refractivity contribution in [1.82, 2.24) is 5.32 Å². The van der Waals surface area contributed by atoms with E-state index in [2.05, 4.69) is 5.32 Å². The molecule has 0 bridgehead atoms. The number of carboxylic acids is 1. The molecule has 0 aromatic heterocycles. The molecule has 0 heterocycles. The highest BCUT2D eigenvalue weighted by Crippen LogP contribution is 2.28. The summed E-state index contributed by atoms with van der Waals surface area (Å²) in [5.74, 6) is 0.592. The molecular formula is C16H25NO4. The van der Waals surface area contributed by atoms with Gasteiger partial charge in [0.05, 0.1) is 13.2 Å². The Morgan fingerprint density at radius 2 is 1.81 bits per heavy atom. The third-order valence-electron chi connectivity index (χ3n) is 3.07. The van der Waals surface area contributed by atoms with E-state index in [1.165, 1.54) is 0 Å². The summed E-state index contributed by atoms with van der Waals surface area (Å²) < 4.78 is 11.1. The van der Waals surface area contributed by atoms with Crippen LogP contribution in [0.4, 0.5) is 0 Å². The summed E-state index contributed by atoms with van der Waals surface area (Å²) in [6.07, 6.45) is 0. The normalized spacial score (nSPS) is 12.2. The van der Waals surface area contributed by atoms with Crippen LogP contribution >= 0.6 is 0 Å². The summed E-state index contributed by atoms with van der Waals surface area (Å²) in [5, 5.41) is 12.2. The van der Waals surface area contributed by atoms with Gasteiger partial charge in [0.1, 0.15) is 6.04 Å². The van der Waals surface area contributed by atoms with E-state index in [0.717, 1.165) is 5.56 Å². The molecule has 0 aliphatic carbocycles. The first-order chi connectivity index (χ1) is 9.99. The van der Waals surface area contributed by atoms with Crippen molar-refractivity contribution in [3.63, 3.8) is 0 Å². The Labute approximate surface area is 126 Å². The third kappa shape index (κ3) is 5.27. The Morgan fingerprint density at radius 3 is 2.33 bits per heavy atom. The minimum Gasteiger partial charge on any atom is -0.490 e. The number of hydrogen-bond donors (Lipinski definition) is 2. The predicted molar refractivity (Wildman–Crippen MR) is 81.9 cm³/mol. The Kier molecular flexibility index (Phi) is 7.02. The van der Waals surface area contributed by atoms with E-state index < -0.39 is 12.0 Å². The first kappa shape index (κ1) is 17.3. The van der Waals surface area contributed by atoms with Crippen molar-refractivity contribution >= 4 is 5.97 Å². The largest absolute Gasteiger partial charge is 0.490 e. The van der Waals surface area contributed by atoms with Crippen LogP contribution in [0.15, 0.2) is 18.2 Å². The zero-order valence-corrected chi connectivity index (χ0v) is 13.2. The molecule has 1 aromatic carbocycles. The molecule has 0 saturated carbocycles. The van der Waals surface area contributed by atoms with E-state index in [9.17, 15) is 4.79 Å². The van der Waals surface area contributed by atoms with E-state index >= 15 is 0 Å². The zero-order valence-electron chi connectivity index (χ0n) is 13.2. The molecule has 0 spiro atoms. The molecule has 0 saturated heterocycles. The van der Waals surface area contributed by atoms with Gasteiger partial charge in [0.25, 0.3) is 0 Å². The summed E-state index contributed by atoms with van der Waals surface area (Å²) >= 11 is 0. The second-order valence-electron chi connectivity index (χ2n) is 5.09. The monoisotopic (exact) mass is 295 g/mol. The van der Waals surface area contributed by atoms with Crippen molar-refractivity contribution in [2.45, 2.75) is 40.3 Å². The number of hydrogen-bond acceptors (Lipinski definition) is 4. The van der Waals surface area contributed by atoms with Gasteiger partial charge < -0.3 is 19.9 Å². The van der Waals surface area contributed by atoms with Gasteiger partial charge in [-0.15, -0.1) is 0 Å². The molecule has 1 atom stereocenters. The first-order valence-corrected chi connectivity index (χ1v) is 7.34. The maximum absolute atomic E-state index is 11.2. The van der Waals surface area contributed by atoms with E-state index in [0.29, 0.717) is 31.3 Å². The molecule has 0 amide bonds. The molecule has 21 heavy (non-hydrogen) atoms. The molecule has 5 heteroatoms. The lowest BCUT2D eigenvalue weighted by Gasteiger charge is -2.18. The average molecular weight is 295 g/mol. The minimum absolute atomic E-state index is 0.0246. The lowest BCUT2D eigenvalue weighted by molar-refractivity contribution is -0.140. The first-order valence-electron chi connectivity index (χ1n) is 7.34. The van der Waals surface area contributed by atoms with Crippen LogP contribution in [0.3, 0.4) is 0 Å². The number of ether oxygens (including phenoxy) is 2. The zero-order chi connectivity index (χ0) is 15.8. The number of rotatable bonds is 9. The second kappa shape index (κ2) is 8.52. The minimum atomic E-state index is -0.832. The number of benzene rings is 1. The highest BCUT2D eigenvalue weighted by molar-refractivity contribution is 5.73. The van der Waals surface area contributed by atoms with E-state index in [1.807, 2.05) is 45.9 Å². The van der Waals surface area contributed by atoms with Crippen LogP contribution in [0.1, 0.15) is 33.3 Å². The van der Waals surface area contributed by atoms with Gasteiger partial charge in [0.15, 0.2) is 11.5 Å². The quantitative estimate of drug-likeness (QED) is 0.733. The topological polar surface area (TPSA) is 67.8 Å². The van der Waals surface area contributed by atoms with Crippen molar-refractivity contribution < 1.29 is 19.4 Å². The molecule has 0 unspecified atom stereocenters. The summed E-state index contributed by atoms with van der Waals surface area (Å²) in [6.45, 7) is 9.21. The second-order valence-corrected chi connectivity index (χ2v) is 5.09. The Hall–Kier alpha value is -1.75. The number of nitrogens with one attached hydrogen (secondary N) is 1.